The maximum atomic E-state index is 13.2. The molecule has 132 valence electrons. The summed E-state index contributed by atoms with van der Waals surface area (Å²) >= 11 is 0. The molecule has 4 rings (SSSR count). The third-order valence-corrected chi connectivity index (χ3v) is 4.91. The summed E-state index contributed by atoms with van der Waals surface area (Å²) in [6.07, 6.45) is 0. The Morgan fingerprint density at radius 1 is 0.630 bits per heavy atom. The minimum atomic E-state index is -0.0567. The van der Waals surface area contributed by atoms with Crippen molar-refractivity contribution >= 4 is 0 Å². The number of nitrogens with zero attached hydrogens (tertiary/aromatic N) is 1. The second-order valence-electron chi connectivity index (χ2n) is 6.66. The van der Waals surface area contributed by atoms with Crippen molar-refractivity contribution in [2.24, 2.45) is 0 Å². The number of pyridine rings is 1. The van der Waals surface area contributed by atoms with Crippen LogP contribution in [-0.4, -0.2) is 4.57 Å². The van der Waals surface area contributed by atoms with E-state index in [4.69, 9.17) is 0 Å². The largest absolute Gasteiger partial charge is 0.301 e. The molecule has 0 aliphatic rings. The highest BCUT2D eigenvalue weighted by molar-refractivity contribution is 5.71. The Morgan fingerprint density at radius 2 is 1.15 bits per heavy atom. The molecule has 2 heteroatoms. The van der Waals surface area contributed by atoms with Crippen LogP contribution in [0.4, 0.5) is 0 Å². The first-order valence-corrected chi connectivity index (χ1v) is 9.16. The maximum Gasteiger partial charge on any atom is 0.252 e. The molecule has 2 nitrogen and oxygen atoms in total. The molecule has 1 unspecified atom stereocenters. The average Bonchev–Trinajstić information content (AvgIpc) is 2.74. The van der Waals surface area contributed by atoms with Gasteiger partial charge < -0.3 is 4.57 Å². The maximum absolute atomic E-state index is 13.2. The van der Waals surface area contributed by atoms with Crippen LogP contribution in [0, 0.1) is 0 Å². The standard InChI is InChI=1S/C25H21NO/c1-19(20-11-5-2-6-12-20)26-24(22-15-9-4-10-16-22)17-23(18-25(26)27)21-13-7-3-8-14-21/h2-19H,1H3. The summed E-state index contributed by atoms with van der Waals surface area (Å²) in [7, 11) is 0. The summed E-state index contributed by atoms with van der Waals surface area (Å²) in [6.45, 7) is 2.07. The van der Waals surface area contributed by atoms with E-state index in [0.29, 0.717) is 0 Å². The first-order chi connectivity index (χ1) is 13.2. The predicted octanol–water partition coefficient (Wildman–Crippen LogP) is 5.79. The summed E-state index contributed by atoms with van der Waals surface area (Å²) < 4.78 is 1.89. The van der Waals surface area contributed by atoms with Gasteiger partial charge in [-0.2, -0.15) is 0 Å². The molecule has 0 saturated heterocycles. The van der Waals surface area contributed by atoms with E-state index in [1.165, 1.54) is 0 Å². The first-order valence-electron chi connectivity index (χ1n) is 9.16. The summed E-state index contributed by atoms with van der Waals surface area (Å²) in [5.41, 5.74) is 5.08. The fourth-order valence-electron chi connectivity index (χ4n) is 3.49. The number of hydrogen-bond donors (Lipinski definition) is 0. The SMILES string of the molecule is CC(c1ccccc1)n1c(-c2ccccc2)cc(-c2ccccc2)cc1=O. The Hall–Kier alpha value is -3.39. The van der Waals surface area contributed by atoms with Gasteiger partial charge in [0.25, 0.3) is 5.56 Å². The van der Waals surface area contributed by atoms with Crippen molar-refractivity contribution in [3.05, 3.63) is 119 Å². The Bertz CT molecular complexity index is 1080. The van der Waals surface area contributed by atoms with Crippen LogP contribution in [0.5, 0.6) is 0 Å². The molecule has 3 aromatic carbocycles. The average molecular weight is 351 g/mol. The lowest BCUT2D eigenvalue weighted by Gasteiger charge is -2.21. The molecule has 0 spiro atoms. The second kappa shape index (κ2) is 7.46. The molecular formula is C25H21NO. The molecule has 4 aromatic rings. The van der Waals surface area contributed by atoms with Crippen LogP contribution in [0.25, 0.3) is 22.4 Å². The van der Waals surface area contributed by atoms with E-state index in [1.807, 2.05) is 71.3 Å². The van der Waals surface area contributed by atoms with E-state index < -0.39 is 0 Å². The van der Waals surface area contributed by atoms with Gasteiger partial charge in [-0.25, -0.2) is 0 Å². The van der Waals surface area contributed by atoms with Crippen LogP contribution in [0.2, 0.25) is 0 Å². The second-order valence-corrected chi connectivity index (χ2v) is 6.66. The number of rotatable bonds is 4. The van der Waals surface area contributed by atoms with Gasteiger partial charge in [-0.15, -0.1) is 0 Å². The van der Waals surface area contributed by atoms with Crippen LogP contribution in [0.1, 0.15) is 18.5 Å². The van der Waals surface area contributed by atoms with Crippen molar-refractivity contribution in [2.75, 3.05) is 0 Å². The quantitative estimate of drug-likeness (QED) is 0.456. The third-order valence-electron chi connectivity index (χ3n) is 4.91. The van der Waals surface area contributed by atoms with E-state index in [1.54, 1.807) is 6.07 Å². The molecule has 0 N–H and O–H groups in total. The fraction of sp³-hybridized carbons (Fsp3) is 0.0800. The highest BCUT2D eigenvalue weighted by Crippen LogP contribution is 2.28. The number of aromatic nitrogens is 1. The van der Waals surface area contributed by atoms with Crippen molar-refractivity contribution < 1.29 is 0 Å². The summed E-state index contributed by atoms with van der Waals surface area (Å²) in [6, 6.07) is 34.1. The third kappa shape index (κ3) is 3.47. The van der Waals surface area contributed by atoms with E-state index in [2.05, 4.69) is 37.3 Å². The molecular weight excluding hydrogens is 330 g/mol. The topological polar surface area (TPSA) is 22.0 Å². The van der Waals surface area contributed by atoms with Gasteiger partial charge in [0.2, 0.25) is 0 Å². The van der Waals surface area contributed by atoms with Crippen molar-refractivity contribution in [1.29, 1.82) is 0 Å². The van der Waals surface area contributed by atoms with Gasteiger partial charge in [0.1, 0.15) is 0 Å². The van der Waals surface area contributed by atoms with Crippen LogP contribution < -0.4 is 5.56 Å². The molecule has 0 amide bonds. The van der Waals surface area contributed by atoms with Gasteiger partial charge in [-0.05, 0) is 35.2 Å². The van der Waals surface area contributed by atoms with E-state index in [0.717, 1.165) is 27.9 Å². The van der Waals surface area contributed by atoms with E-state index in [-0.39, 0.29) is 11.6 Å². The van der Waals surface area contributed by atoms with Crippen molar-refractivity contribution in [1.82, 2.24) is 4.57 Å². The lowest BCUT2D eigenvalue weighted by molar-refractivity contribution is 0.622. The summed E-state index contributed by atoms with van der Waals surface area (Å²) in [5.74, 6) is 0. The highest BCUT2D eigenvalue weighted by atomic mass is 16.1. The van der Waals surface area contributed by atoms with Gasteiger partial charge in [-0.3, -0.25) is 4.79 Å². The zero-order valence-electron chi connectivity index (χ0n) is 15.2. The van der Waals surface area contributed by atoms with Gasteiger partial charge in [-0.1, -0.05) is 91.0 Å². The van der Waals surface area contributed by atoms with Crippen LogP contribution in [-0.2, 0) is 0 Å². The van der Waals surface area contributed by atoms with Gasteiger partial charge >= 0.3 is 0 Å². The normalized spacial score (nSPS) is 11.9. The molecule has 0 aliphatic carbocycles. The molecule has 27 heavy (non-hydrogen) atoms. The minimum Gasteiger partial charge on any atom is -0.301 e. The lowest BCUT2D eigenvalue weighted by atomic mass is 10.0. The highest BCUT2D eigenvalue weighted by Gasteiger charge is 2.16. The molecule has 0 fully saturated rings. The molecule has 0 bridgehead atoms. The zero-order valence-corrected chi connectivity index (χ0v) is 15.2. The lowest BCUT2D eigenvalue weighted by Crippen LogP contribution is -2.25. The molecule has 1 atom stereocenters. The Kier molecular flexibility index (Phi) is 4.71. The van der Waals surface area contributed by atoms with Gasteiger partial charge in [0, 0.05) is 6.07 Å². The first kappa shape index (κ1) is 17.0. The molecule has 0 aliphatic heterocycles. The number of hydrogen-bond acceptors (Lipinski definition) is 1. The van der Waals surface area contributed by atoms with Crippen LogP contribution >= 0.6 is 0 Å². The summed E-state index contributed by atoms with van der Waals surface area (Å²) in [5, 5.41) is 0. The van der Waals surface area contributed by atoms with Crippen molar-refractivity contribution in [3.63, 3.8) is 0 Å². The van der Waals surface area contributed by atoms with Crippen LogP contribution in [0.3, 0.4) is 0 Å². The Morgan fingerprint density at radius 3 is 1.74 bits per heavy atom. The summed E-state index contributed by atoms with van der Waals surface area (Å²) in [4.78, 5) is 13.2. The number of benzene rings is 3. The minimum absolute atomic E-state index is 0.00607. The van der Waals surface area contributed by atoms with Crippen LogP contribution in [0.15, 0.2) is 108 Å². The Balaban J connectivity index is 1.94. The molecule has 0 saturated carbocycles. The van der Waals surface area contributed by atoms with E-state index in [9.17, 15) is 4.79 Å². The predicted molar refractivity (Wildman–Crippen MR) is 112 cm³/mol. The van der Waals surface area contributed by atoms with Gasteiger partial charge in [0.05, 0.1) is 11.7 Å². The Labute approximate surface area is 159 Å². The molecule has 1 aromatic heterocycles. The van der Waals surface area contributed by atoms with Crippen molar-refractivity contribution in [2.45, 2.75) is 13.0 Å². The fourth-order valence-corrected chi connectivity index (χ4v) is 3.49. The van der Waals surface area contributed by atoms with Crippen molar-refractivity contribution in [3.8, 4) is 22.4 Å². The van der Waals surface area contributed by atoms with E-state index >= 15 is 0 Å². The monoisotopic (exact) mass is 351 g/mol. The molecule has 0 radical (unpaired) electrons. The molecule has 1 heterocycles. The zero-order chi connectivity index (χ0) is 18.6. The smallest absolute Gasteiger partial charge is 0.252 e. The van der Waals surface area contributed by atoms with Gasteiger partial charge in [0.15, 0.2) is 0 Å².